The first-order valence-corrected chi connectivity index (χ1v) is 17.1. The number of hydrogen-bond acceptors (Lipinski definition) is 10. The van der Waals surface area contributed by atoms with Gasteiger partial charge in [0.05, 0.1) is 31.8 Å². The number of halogens is 1. The second-order valence-electron chi connectivity index (χ2n) is 10.7. The number of aliphatic hydroxyl groups is 1. The van der Waals surface area contributed by atoms with Gasteiger partial charge in [0.1, 0.15) is 6.10 Å². The molecule has 0 aromatic rings. The number of alkyl halides is 1. The van der Waals surface area contributed by atoms with Crippen molar-refractivity contribution < 1.29 is 57.8 Å². The molecule has 44 heavy (non-hydrogen) atoms. The fourth-order valence-electron chi connectivity index (χ4n) is 4.80. The third-order valence-electron chi connectivity index (χ3n) is 7.21. The van der Waals surface area contributed by atoms with Gasteiger partial charge in [-0.25, -0.2) is 4.79 Å². The molecular formula is C30H51IN2O11. The molecule has 2 N–H and O–H groups in total. The Bertz CT molecular complexity index is 796. The fraction of sp³-hybridized carbons (Fsp3) is 0.867. The summed E-state index contributed by atoms with van der Waals surface area (Å²) < 4.78 is 31.4. The van der Waals surface area contributed by atoms with Crippen LogP contribution in [0.3, 0.4) is 0 Å². The lowest BCUT2D eigenvalue weighted by atomic mass is 10.2. The van der Waals surface area contributed by atoms with Crippen LogP contribution in [0.1, 0.15) is 83.5 Å². The number of carbonyl (C=O) groups excluding carboxylic acids is 2. The molecule has 0 saturated carbocycles. The summed E-state index contributed by atoms with van der Waals surface area (Å²) in [5, 5.41) is 16.7. The zero-order valence-electron chi connectivity index (χ0n) is 25.9. The van der Waals surface area contributed by atoms with Gasteiger partial charge in [-0.3, -0.25) is 9.59 Å². The third kappa shape index (κ3) is 19.8. The zero-order chi connectivity index (χ0) is 32.4. The molecule has 5 aliphatic heterocycles. The largest absolute Gasteiger partial charge is 0.479 e. The van der Waals surface area contributed by atoms with E-state index >= 15 is 0 Å². The Balaban J connectivity index is 0.000000276. The van der Waals surface area contributed by atoms with Gasteiger partial charge < -0.3 is 44.2 Å². The predicted molar refractivity (Wildman–Crippen MR) is 169 cm³/mol. The summed E-state index contributed by atoms with van der Waals surface area (Å²) in [4.78, 5) is 34.2. The zero-order valence-corrected chi connectivity index (χ0v) is 28.1. The summed E-state index contributed by atoms with van der Waals surface area (Å²) in [6.07, 6.45) is 13.7. The number of rotatable bonds is 9. The number of carbonyl (C=O) groups is 3. The molecule has 0 unspecified atom stereocenters. The molecule has 0 bridgehead atoms. The summed E-state index contributed by atoms with van der Waals surface area (Å²) in [6, 6.07) is 0. The monoisotopic (exact) mass is 742 g/mol. The molecule has 0 aliphatic carbocycles. The number of carboxylic acid groups (broad SMARTS) is 1. The van der Waals surface area contributed by atoms with Gasteiger partial charge in [-0.05, 0) is 77.0 Å². The van der Waals surface area contributed by atoms with E-state index < -0.39 is 12.1 Å². The smallest absolute Gasteiger partial charge is 0.332 e. The average molecular weight is 743 g/mol. The van der Waals surface area contributed by atoms with Crippen LogP contribution in [0.2, 0.25) is 0 Å². The fourth-order valence-corrected chi connectivity index (χ4v) is 5.49. The highest BCUT2D eigenvalue weighted by atomic mass is 127. The maximum atomic E-state index is 10.8. The van der Waals surface area contributed by atoms with Crippen molar-refractivity contribution in [3.8, 4) is 0 Å². The number of aliphatic hydroxyl groups excluding tert-OH is 1. The summed E-state index contributed by atoms with van der Waals surface area (Å²) in [7, 11) is 1.40. The van der Waals surface area contributed by atoms with E-state index in [9.17, 15) is 14.4 Å². The van der Waals surface area contributed by atoms with Crippen molar-refractivity contribution in [3.63, 3.8) is 0 Å². The van der Waals surface area contributed by atoms with Crippen molar-refractivity contribution in [2.45, 2.75) is 114 Å². The van der Waals surface area contributed by atoms with E-state index in [4.69, 9.17) is 39.4 Å². The molecule has 0 amide bonds. The molecule has 5 saturated heterocycles. The number of ketones is 1. The van der Waals surface area contributed by atoms with E-state index in [2.05, 4.69) is 32.1 Å². The van der Waals surface area contributed by atoms with Crippen molar-refractivity contribution in [1.29, 1.82) is 0 Å². The van der Waals surface area contributed by atoms with E-state index in [1.165, 1.54) is 37.2 Å². The Morgan fingerprint density at radius 3 is 1.64 bits per heavy atom. The highest BCUT2D eigenvalue weighted by Gasteiger charge is 2.24. The molecule has 0 radical (unpaired) electrons. The second-order valence-corrected chi connectivity index (χ2v) is 11.7. The lowest BCUT2D eigenvalue weighted by molar-refractivity contribution is -0.147. The molecule has 5 atom stereocenters. The number of hydrogen-bond donors (Lipinski definition) is 2. The molecule has 5 fully saturated rings. The molecule has 14 heteroatoms. The normalized spacial score (nSPS) is 26.7. The van der Waals surface area contributed by atoms with E-state index in [-0.39, 0.29) is 30.6 Å². The SMILES string of the molecule is COC(=O)C[C@@H]1CCCO1.ICC[C@@H]1CCCO1.O=C(O)[C@@H]1CCCO1.OCC[C@@H]1CCCO1.[N-]=[N+]=CC(=O)[C@@H]1CCCO1. The van der Waals surface area contributed by atoms with Crippen LogP contribution in [0, 0.1) is 0 Å². The molecule has 254 valence electrons. The molecular weight excluding hydrogens is 691 g/mol. The van der Waals surface area contributed by atoms with Gasteiger partial charge in [-0.1, -0.05) is 22.6 Å². The van der Waals surface area contributed by atoms with E-state index in [1.807, 2.05) is 0 Å². The number of esters is 1. The Labute approximate surface area is 274 Å². The van der Waals surface area contributed by atoms with Gasteiger partial charge in [-0.15, -0.1) is 0 Å². The van der Waals surface area contributed by atoms with E-state index in [0.29, 0.717) is 38.3 Å². The first-order valence-electron chi connectivity index (χ1n) is 15.6. The number of nitrogens with zero attached hydrogens (tertiary/aromatic N) is 2. The minimum atomic E-state index is -0.831. The lowest BCUT2D eigenvalue weighted by Gasteiger charge is -2.05. The Morgan fingerprint density at radius 1 is 0.795 bits per heavy atom. The maximum Gasteiger partial charge on any atom is 0.332 e. The van der Waals surface area contributed by atoms with Crippen molar-refractivity contribution in [2.75, 3.05) is 51.2 Å². The topological polar surface area (TPSA) is 183 Å². The van der Waals surface area contributed by atoms with Gasteiger partial charge in [0.25, 0.3) is 5.78 Å². The maximum absolute atomic E-state index is 10.8. The lowest BCUT2D eigenvalue weighted by Crippen LogP contribution is -2.20. The molecule has 0 aromatic carbocycles. The van der Waals surface area contributed by atoms with Crippen LogP contribution in [0.15, 0.2) is 0 Å². The first-order chi connectivity index (χ1) is 21.3. The second kappa shape index (κ2) is 26.7. The Kier molecular flexibility index (Phi) is 24.6. The number of Topliss-reactive ketones (excluding diaryl/α,β-unsaturated/α-hetero) is 1. The standard InChI is InChI=1S/C7H12O3.C6H11IO.C6H8N2O2.C6H12O2.C5H8O3/c1-9-7(8)5-6-3-2-4-10-6;7-4-3-6-2-1-5-8-6;7-8-4-5(9)6-2-1-3-10-6;7-4-3-6-2-1-5-8-6;6-5(7)4-2-1-3-8-4/h6H,2-5H2,1H3;6H,1-5H2;4,6H,1-3H2;6-7H,1-5H2;4H,1-3H2,(H,6,7)/t4*6-;4-/m00000/s1. The molecule has 13 nitrogen and oxygen atoms in total. The number of aliphatic carboxylic acids is 1. The number of ether oxygens (including phenoxy) is 6. The minimum absolute atomic E-state index is 0.118. The molecule has 0 spiro atoms. The summed E-state index contributed by atoms with van der Waals surface area (Å²) in [5.41, 5.74) is 7.99. The van der Waals surface area contributed by atoms with Crippen molar-refractivity contribution in [1.82, 2.24) is 0 Å². The van der Waals surface area contributed by atoms with Crippen LogP contribution >= 0.6 is 22.6 Å². The van der Waals surface area contributed by atoms with Gasteiger partial charge >= 0.3 is 18.2 Å². The van der Waals surface area contributed by atoms with Crippen molar-refractivity contribution in [3.05, 3.63) is 5.53 Å². The molecule has 5 rings (SSSR count). The summed E-state index contributed by atoms with van der Waals surface area (Å²) in [6.45, 7) is 4.20. The third-order valence-corrected chi connectivity index (χ3v) is 7.84. The van der Waals surface area contributed by atoms with Crippen LogP contribution in [-0.4, -0.2) is 121 Å². The molecule has 5 heterocycles. The summed E-state index contributed by atoms with van der Waals surface area (Å²) in [5.74, 6) is -1.26. The van der Waals surface area contributed by atoms with Crippen LogP contribution in [0.5, 0.6) is 0 Å². The Morgan fingerprint density at radius 2 is 1.27 bits per heavy atom. The average Bonchev–Trinajstić information content (AvgIpc) is 3.85. The van der Waals surface area contributed by atoms with Gasteiger partial charge in [-0.2, -0.15) is 4.79 Å². The molecule has 5 aliphatic rings. The Hall–Kier alpha value is -1.52. The van der Waals surface area contributed by atoms with Crippen LogP contribution in [0.25, 0.3) is 5.53 Å². The van der Waals surface area contributed by atoms with Gasteiger partial charge in [0.2, 0.25) is 0 Å². The van der Waals surface area contributed by atoms with Crippen molar-refractivity contribution in [2.24, 2.45) is 0 Å². The quantitative estimate of drug-likeness (QED) is 0.0880. The van der Waals surface area contributed by atoms with Crippen molar-refractivity contribution >= 4 is 46.5 Å². The summed E-state index contributed by atoms with van der Waals surface area (Å²) >= 11 is 2.40. The first kappa shape index (κ1) is 40.5. The number of methoxy groups -OCH3 is 1. The van der Waals surface area contributed by atoms with E-state index in [0.717, 1.165) is 71.0 Å². The highest BCUT2D eigenvalue weighted by molar-refractivity contribution is 14.1. The number of carboxylic acids is 1. The van der Waals surface area contributed by atoms with Gasteiger partial charge in [0, 0.05) is 44.1 Å². The van der Waals surface area contributed by atoms with Crippen LogP contribution in [-0.2, 0) is 42.8 Å². The predicted octanol–water partition coefficient (Wildman–Crippen LogP) is 3.55. The minimum Gasteiger partial charge on any atom is -0.479 e. The van der Waals surface area contributed by atoms with Gasteiger partial charge in [0.15, 0.2) is 6.10 Å². The highest BCUT2D eigenvalue weighted by Crippen LogP contribution is 2.17. The van der Waals surface area contributed by atoms with Crippen LogP contribution in [0.4, 0.5) is 0 Å². The molecule has 0 aromatic heterocycles. The van der Waals surface area contributed by atoms with Crippen LogP contribution < -0.4 is 0 Å². The van der Waals surface area contributed by atoms with E-state index in [1.54, 1.807) is 0 Å².